The molecule has 0 unspecified atom stereocenters. The standard InChI is InChI=1S/C22H21N5/c1-15-10-12-16(13-11-15)14-23-21-18-8-5-9-19(18)24-22-25-20(26-27(21)22)17-6-3-2-4-7-17/h2-4,6-7,10-13,23H,5,8-9,14H2,1H3. The molecule has 5 nitrogen and oxygen atoms in total. The molecule has 0 fully saturated rings. The second kappa shape index (κ2) is 6.50. The summed E-state index contributed by atoms with van der Waals surface area (Å²) in [7, 11) is 0. The molecule has 1 N–H and O–H groups in total. The maximum Gasteiger partial charge on any atom is 0.254 e. The van der Waals surface area contributed by atoms with E-state index in [1.807, 2.05) is 34.8 Å². The van der Waals surface area contributed by atoms with Crippen molar-refractivity contribution in [3.05, 3.63) is 77.0 Å². The fraction of sp³-hybridized carbons (Fsp3) is 0.227. The molecule has 27 heavy (non-hydrogen) atoms. The lowest BCUT2D eigenvalue weighted by atomic mass is 10.1. The number of rotatable bonds is 4. The third-order valence-electron chi connectivity index (χ3n) is 5.12. The first kappa shape index (κ1) is 16.0. The van der Waals surface area contributed by atoms with Gasteiger partial charge in [0.25, 0.3) is 5.78 Å². The Kier molecular flexibility index (Phi) is 3.85. The monoisotopic (exact) mass is 355 g/mol. The van der Waals surface area contributed by atoms with Crippen molar-refractivity contribution in [2.24, 2.45) is 0 Å². The molecule has 5 rings (SSSR count). The smallest absolute Gasteiger partial charge is 0.254 e. The molecular weight excluding hydrogens is 334 g/mol. The average Bonchev–Trinajstić information content (AvgIpc) is 3.34. The summed E-state index contributed by atoms with van der Waals surface area (Å²) in [6, 6.07) is 18.7. The molecule has 0 atom stereocenters. The number of fused-ring (bicyclic) bond motifs is 2. The fourth-order valence-corrected chi connectivity index (χ4v) is 3.66. The summed E-state index contributed by atoms with van der Waals surface area (Å²) in [5, 5.41) is 8.38. The van der Waals surface area contributed by atoms with Crippen molar-refractivity contribution in [2.75, 3.05) is 5.32 Å². The van der Waals surface area contributed by atoms with Crippen LogP contribution < -0.4 is 5.32 Å². The fourth-order valence-electron chi connectivity index (χ4n) is 3.66. The third kappa shape index (κ3) is 2.95. The maximum atomic E-state index is 4.78. The van der Waals surface area contributed by atoms with E-state index in [0.717, 1.165) is 42.9 Å². The van der Waals surface area contributed by atoms with E-state index in [1.54, 1.807) is 0 Å². The Bertz CT molecular complexity index is 1100. The lowest BCUT2D eigenvalue weighted by Gasteiger charge is -2.12. The van der Waals surface area contributed by atoms with Gasteiger partial charge in [0.1, 0.15) is 5.82 Å². The molecule has 134 valence electrons. The van der Waals surface area contributed by atoms with Crippen LogP contribution in [0.2, 0.25) is 0 Å². The quantitative estimate of drug-likeness (QED) is 0.596. The molecule has 0 bridgehead atoms. The van der Waals surface area contributed by atoms with Crippen molar-refractivity contribution in [1.82, 2.24) is 19.6 Å². The Morgan fingerprint density at radius 1 is 0.963 bits per heavy atom. The molecule has 0 saturated heterocycles. The molecule has 0 spiro atoms. The maximum absolute atomic E-state index is 4.78. The molecule has 2 heterocycles. The van der Waals surface area contributed by atoms with Crippen molar-refractivity contribution >= 4 is 11.6 Å². The summed E-state index contributed by atoms with van der Waals surface area (Å²) in [5.41, 5.74) is 5.96. The van der Waals surface area contributed by atoms with Gasteiger partial charge >= 0.3 is 0 Å². The Morgan fingerprint density at radius 2 is 1.78 bits per heavy atom. The minimum Gasteiger partial charge on any atom is -0.366 e. The van der Waals surface area contributed by atoms with E-state index in [2.05, 4.69) is 41.5 Å². The molecule has 4 aromatic rings. The van der Waals surface area contributed by atoms with Crippen LogP contribution in [0.15, 0.2) is 54.6 Å². The van der Waals surface area contributed by atoms with E-state index >= 15 is 0 Å². The number of hydrogen-bond donors (Lipinski definition) is 1. The van der Waals surface area contributed by atoms with E-state index in [1.165, 1.54) is 16.7 Å². The highest BCUT2D eigenvalue weighted by atomic mass is 15.4. The lowest BCUT2D eigenvalue weighted by molar-refractivity contribution is 0.898. The molecule has 2 aromatic heterocycles. The summed E-state index contributed by atoms with van der Waals surface area (Å²) in [5.74, 6) is 2.41. The van der Waals surface area contributed by atoms with Crippen molar-refractivity contribution in [1.29, 1.82) is 0 Å². The van der Waals surface area contributed by atoms with E-state index in [-0.39, 0.29) is 0 Å². The van der Waals surface area contributed by atoms with Gasteiger partial charge in [-0.15, -0.1) is 5.10 Å². The van der Waals surface area contributed by atoms with E-state index < -0.39 is 0 Å². The number of nitrogens with one attached hydrogen (secondary N) is 1. The number of benzene rings is 2. The topological polar surface area (TPSA) is 55.1 Å². The molecule has 5 heteroatoms. The summed E-state index contributed by atoms with van der Waals surface area (Å²) in [6.07, 6.45) is 3.19. The van der Waals surface area contributed by atoms with Crippen LogP contribution in [0.25, 0.3) is 17.2 Å². The zero-order chi connectivity index (χ0) is 18.2. The van der Waals surface area contributed by atoms with Crippen LogP contribution >= 0.6 is 0 Å². The van der Waals surface area contributed by atoms with Crippen LogP contribution in [0.1, 0.15) is 28.8 Å². The summed E-state index contributed by atoms with van der Waals surface area (Å²) < 4.78 is 1.88. The van der Waals surface area contributed by atoms with Crippen LogP contribution in [0.5, 0.6) is 0 Å². The van der Waals surface area contributed by atoms with E-state index in [4.69, 9.17) is 10.1 Å². The van der Waals surface area contributed by atoms with Gasteiger partial charge in [0, 0.05) is 17.7 Å². The van der Waals surface area contributed by atoms with E-state index in [9.17, 15) is 0 Å². The second-order valence-electron chi connectivity index (χ2n) is 7.09. The highest BCUT2D eigenvalue weighted by molar-refractivity contribution is 5.61. The number of aromatic nitrogens is 4. The summed E-state index contributed by atoms with van der Waals surface area (Å²) in [6.45, 7) is 2.86. The number of nitrogens with zero attached hydrogens (tertiary/aromatic N) is 4. The van der Waals surface area contributed by atoms with Crippen molar-refractivity contribution < 1.29 is 0 Å². The number of hydrogen-bond acceptors (Lipinski definition) is 4. The highest BCUT2D eigenvalue weighted by Gasteiger charge is 2.22. The predicted molar refractivity (Wildman–Crippen MR) is 107 cm³/mol. The Balaban J connectivity index is 1.56. The Labute approximate surface area is 158 Å². The minimum atomic E-state index is 0.668. The van der Waals surface area contributed by atoms with Crippen LogP contribution in [0.4, 0.5) is 5.82 Å². The SMILES string of the molecule is Cc1ccc(CNc2c3c(nc4nc(-c5ccccc5)nn24)CCC3)cc1. The van der Waals surface area contributed by atoms with Gasteiger partial charge < -0.3 is 5.32 Å². The van der Waals surface area contributed by atoms with Gasteiger partial charge in [0.2, 0.25) is 0 Å². The zero-order valence-corrected chi connectivity index (χ0v) is 15.3. The third-order valence-corrected chi connectivity index (χ3v) is 5.12. The van der Waals surface area contributed by atoms with E-state index in [0.29, 0.717) is 11.6 Å². The molecule has 1 aliphatic carbocycles. The molecule has 2 aromatic carbocycles. The Morgan fingerprint density at radius 3 is 2.59 bits per heavy atom. The lowest BCUT2D eigenvalue weighted by Crippen LogP contribution is -2.10. The average molecular weight is 355 g/mol. The van der Waals surface area contributed by atoms with Crippen molar-refractivity contribution in [2.45, 2.75) is 32.7 Å². The summed E-state index contributed by atoms with van der Waals surface area (Å²) >= 11 is 0. The molecule has 0 saturated carbocycles. The zero-order valence-electron chi connectivity index (χ0n) is 15.3. The molecule has 0 aliphatic heterocycles. The van der Waals surface area contributed by atoms with Crippen LogP contribution in [-0.4, -0.2) is 19.6 Å². The molecule has 1 aliphatic rings. The first-order valence-electron chi connectivity index (χ1n) is 9.41. The van der Waals surface area contributed by atoms with Gasteiger partial charge in [-0.05, 0) is 31.7 Å². The second-order valence-corrected chi connectivity index (χ2v) is 7.09. The predicted octanol–water partition coefficient (Wildman–Crippen LogP) is 4.20. The van der Waals surface area contributed by atoms with Gasteiger partial charge in [-0.2, -0.15) is 9.50 Å². The molecule has 0 radical (unpaired) electrons. The van der Waals surface area contributed by atoms with Gasteiger partial charge in [-0.1, -0.05) is 60.2 Å². The van der Waals surface area contributed by atoms with Crippen molar-refractivity contribution in [3.63, 3.8) is 0 Å². The van der Waals surface area contributed by atoms with Crippen LogP contribution in [0, 0.1) is 6.92 Å². The Hall–Kier alpha value is -3.21. The first-order valence-corrected chi connectivity index (χ1v) is 9.41. The van der Waals surface area contributed by atoms with Gasteiger partial charge in [-0.25, -0.2) is 4.98 Å². The van der Waals surface area contributed by atoms with Crippen molar-refractivity contribution in [3.8, 4) is 11.4 Å². The molecule has 0 amide bonds. The first-order chi connectivity index (χ1) is 13.3. The minimum absolute atomic E-state index is 0.668. The van der Waals surface area contributed by atoms with Crippen LogP contribution in [0.3, 0.4) is 0 Å². The van der Waals surface area contributed by atoms with Gasteiger partial charge in [0.15, 0.2) is 5.82 Å². The van der Waals surface area contributed by atoms with Crippen LogP contribution in [-0.2, 0) is 19.4 Å². The largest absolute Gasteiger partial charge is 0.366 e. The number of anilines is 1. The summed E-state index contributed by atoms with van der Waals surface area (Å²) in [4.78, 5) is 9.47. The number of aryl methyl sites for hydroxylation is 2. The van der Waals surface area contributed by atoms with Gasteiger partial charge in [0.05, 0.1) is 5.69 Å². The highest BCUT2D eigenvalue weighted by Crippen LogP contribution is 2.29. The molecular formula is C22H21N5. The normalized spacial score (nSPS) is 13.1. The van der Waals surface area contributed by atoms with Gasteiger partial charge in [-0.3, -0.25) is 0 Å².